The minimum Gasteiger partial charge on any atom is -0.493 e. The second-order valence-electron chi connectivity index (χ2n) is 8.16. The first-order valence-electron chi connectivity index (χ1n) is 11.1. The Balaban J connectivity index is 1.47. The summed E-state index contributed by atoms with van der Waals surface area (Å²) < 4.78 is 13.6. The predicted molar refractivity (Wildman–Crippen MR) is 152 cm³/mol. The van der Waals surface area contributed by atoms with Gasteiger partial charge >= 0.3 is 0 Å². The quantitative estimate of drug-likeness (QED) is 0.277. The van der Waals surface area contributed by atoms with Gasteiger partial charge in [-0.1, -0.05) is 12.1 Å². The zero-order chi connectivity index (χ0) is 24.9. The van der Waals surface area contributed by atoms with Gasteiger partial charge in [-0.25, -0.2) is 0 Å². The van der Waals surface area contributed by atoms with E-state index in [4.69, 9.17) is 9.47 Å². The number of halogens is 2. The maximum absolute atomic E-state index is 12.9. The first kappa shape index (κ1) is 26.3. The van der Waals surface area contributed by atoms with Gasteiger partial charge < -0.3 is 14.4 Å². The van der Waals surface area contributed by atoms with Crippen LogP contribution >= 0.6 is 56.9 Å². The van der Waals surface area contributed by atoms with Crippen LogP contribution in [0.5, 0.6) is 11.5 Å². The summed E-state index contributed by atoms with van der Waals surface area (Å²) in [7, 11) is 1.56. The highest BCUT2D eigenvalue weighted by molar-refractivity contribution is 14.1. The molecular weight excluding hydrogens is 694 g/mol. The molecule has 0 aromatic heterocycles. The van der Waals surface area contributed by atoms with Crippen molar-refractivity contribution >= 4 is 80.1 Å². The first-order chi connectivity index (χ1) is 16.9. The molecule has 0 spiro atoms. The summed E-state index contributed by atoms with van der Waals surface area (Å²) in [5, 5.41) is -0.425. The minimum absolute atomic E-state index is 0.181. The van der Waals surface area contributed by atoms with Crippen LogP contribution in [0.3, 0.4) is 0 Å². The topological polar surface area (TPSA) is 76.2 Å². The number of ether oxygens (including phenoxy) is 2. The fraction of sp³-hybridized carbons (Fsp3) is 0.320. The van der Waals surface area contributed by atoms with Crippen LogP contribution in [0.2, 0.25) is 0 Å². The lowest BCUT2D eigenvalue weighted by Crippen LogP contribution is -2.44. The van der Waals surface area contributed by atoms with Gasteiger partial charge in [-0.3, -0.25) is 19.3 Å². The molecule has 7 nitrogen and oxygen atoms in total. The third-order valence-electron chi connectivity index (χ3n) is 5.72. The summed E-state index contributed by atoms with van der Waals surface area (Å²) in [5.74, 6) is 0.523. The van der Waals surface area contributed by atoms with Crippen LogP contribution in [0.1, 0.15) is 30.4 Å². The van der Waals surface area contributed by atoms with Crippen LogP contribution in [0.15, 0.2) is 41.3 Å². The highest BCUT2D eigenvalue weighted by atomic mass is 127. The number of benzene rings is 2. The zero-order valence-electron chi connectivity index (χ0n) is 19.1. The normalized spacial score (nSPS) is 17.3. The molecule has 0 bridgehead atoms. The molecule has 0 aliphatic carbocycles. The number of carbonyl (C=O) groups is 3. The number of nitrogens with zero attached hydrogens (tertiary/aromatic N) is 2. The van der Waals surface area contributed by atoms with Crippen molar-refractivity contribution in [3.63, 3.8) is 0 Å². The lowest BCUT2D eigenvalue weighted by atomic mass is 10.1. The second kappa shape index (κ2) is 12.0. The van der Waals surface area contributed by atoms with Crippen molar-refractivity contribution in [2.24, 2.45) is 0 Å². The van der Waals surface area contributed by atoms with Crippen LogP contribution in [-0.2, 0) is 16.2 Å². The summed E-state index contributed by atoms with van der Waals surface area (Å²) in [4.78, 5) is 41.0. The molecule has 2 aromatic carbocycles. The van der Waals surface area contributed by atoms with Gasteiger partial charge in [0.05, 0.1) is 15.6 Å². The molecule has 2 saturated heterocycles. The molecule has 0 N–H and O–H groups in total. The van der Waals surface area contributed by atoms with E-state index in [1.807, 2.05) is 30.3 Å². The third kappa shape index (κ3) is 6.50. The number of carbonyl (C=O) groups excluding carboxylic acids is 3. The van der Waals surface area contributed by atoms with Crippen LogP contribution in [0.4, 0.5) is 4.79 Å². The van der Waals surface area contributed by atoms with Crippen LogP contribution in [0, 0.1) is 7.14 Å². The summed E-state index contributed by atoms with van der Waals surface area (Å²) in [6.07, 6.45) is 4.67. The molecule has 184 valence electrons. The number of piperidine rings is 1. The van der Waals surface area contributed by atoms with Crippen molar-refractivity contribution in [3.8, 4) is 11.5 Å². The number of methoxy groups -OCH3 is 1. The fourth-order valence-corrected chi connectivity index (χ4v) is 5.84. The van der Waals surface area contributed by atoms with Gasteiger partial charge in [-0.2, -0.15) is 0 Å². The van der Waals surface area contributed by atoms with E-state index >= 15 is 0 Å². The van der Waals surface area contributed by atoms with E-state index in [2.05, 4.69) is 45.2 Å². The van der Waals surface area contributed by atoms with Crippen molar-refractivity contribution in [2.75, 3.05) is 26.7 Å². The van der Waals surface area contributed by atoms with Gasteiger partial charge in [0.15, 0.2) is 11.5 Å². The predicted octanol–water partition coefficient (Wildman–Crippen LogP) is 5.53. The number of amides is 3. The minimum atomic E-state index is -0.446. The first-order valence-corrected chi connectivity index (χ1v) is 14.1. The Labute approximate surface area is 235 Å². The number of thioether (sulfide) groups is 1. The summed E-state index contributed by atoms with van der Waals surface area (Å²) in [5.41, 5.74) is 1.75. The Morgan fingerprint density at radius 2 is 1.80 bits per heavy atom. The van der Waals surface area contributed by atoms with E-state index in [-0.39, 0.29) is 17.4 Å². The monoisotopic (exact) mass is 718 g/mol. The van der Waals surface area contributed by atoms with Gasteiger partial charge in [-0.05, 0) is 118 Å². The molecule has 10 heteroatoms. The molecule has 0 unspecified atom stereocenters. The average molecular weight is 718 g/mol. The maximum atomic E-state index is 12.9. The standard InChI is InChI=1S/C25H24I2N2O5S/c1-33-20-12-17(11-19(27)23(20)34-15-16-5-7-18(26)8-6-16)13-21-24(31)29(25(32)35-21)14-22(30)28-9-3-2-4-10-28/h5-8,11-13H,2-4,9-10,14-15H2,1H3/b21-13-. The van der Waals surface area contributed by atoms with E-state index in [1.165, 1.54) is 0 Å². The van der Waals surface area contributed by atoms with Crippen LogP contribution < -0.4 is 9.47 Å². The Bertz CT molecular complexity index is 1160. The van der Waals surface area contributed by atoms with E-state index < -0.39 is 11.1 Å². The smallest absolute Gasteiger partial charge is 0.294 e. The molecule has 2 aromatic rings. The lowest BCUT2D eigenvalue weighted by Gasteiger charge is -2.27. The van der Waals surface area contributed by atoms with Crippen molar-refractivity contribution in [3.05, 3.63) is 59.6 Å². The number of imide groups is 1. The molecular formula is C25H24I2N2O5S. The van der Waals surface area contributed by atoms with Crippen molar-refractivity contribution in [2.45, 2.75) is 25.9 Å². The second-order valence-corrected chi connectivity index (χ2v) is 11.6. The molecule has 2 fully saturated rings. The summed E-state index contributed by atoms with van der Waals surface area (Å²) >= 11 is 5.28. The van der Waals surface area contributed by atoms with E-state index in [9.17, 15) is 14.4 Å². The SMILES string of the molecule is COc1cc(/C=C2\SC(=O)N(CC(=O)N3CCCCC3)C2=O)cc(I)c1OCc1ccc(I)cc1. The summed E-state index contributed by atoms with van der Waals surface area (Å²) in [6, 6.07) is 11.7. The maximum Gasteiger partial charge on any atom is 0.294 e. The Morgan fingerprint density at radius 1 is 1.09 bits per heavy atom. The van der Waals surface area contributed by atoms with Gasteiger partial charge in [0.25, 0.3) is 11.1 Å². The third-order valence-corrected chi connectivity index (χ3v) is 8.15. The average Bonchev–Trinajstić information content (AvgIpc) is 3.11. The molecule has 2 heterocycles. The Hall–Kier alpha value is -1.80. The van der Waals surface area contributed by atoms with Crippen molar-refractivity contribution < 1.29 is 23.9 Å². The van der Waals surface area contributed by atoms with E-state index in [0.717, 1.165) is 48.6 Å². The Morgan fingerprint density at radius 3 is 2.49 bits per heavy atom. The van der Waals surface area contributed by atoms with E-state index in [1.54, 1.807) is 24.2 Å². The van der Waals surface area contributed by atoms with Crippen LogP contribution in [-0.4, -0.2) is 53.6 Å². The largest absolute Gasteiger partial charge is 0.493 e. The van der Waals surface area contributed by atoms with Gasteiger partial charge in [0.2, 0.25) is 5.91 Å². The summed E-state index contributed by atoms with van der Waals surface area (Å²) in [6.45, 7) is 1.54. The number of rotatable bonds is 7. The molecule has 0 radical (unpaired) electrons. The van der Waals surface area contributed by atoms with E-state index in [0.29, 0.717) is 36.8 Å². The number of likely N-dealkylation sites (tertiary alicyclic amines) is 1. The lowest BCUT2D eigenvalue weighted by molar-refractivity contribution is -0.136. The fourth-order valence-electron chi connectivity index (χ4n) is 3.87. The van der Waals surface area contributed by atoms with Crippen LogP contribution in [0.25, 0.3) is 6.08 Å². The zero-order valence-corrected chi connectivity index (χ0v) is 24.2. The van der Waals surface area contributed by atoms with Crippen molar-refractivity contribution in [1.82, 2.24) is 9.80 Å². The highest BCUT2D eigenvalue weighted by Crippen LogP contribution is 2.37. The number of hydrogen-bond donors (Lipinski definition) is 0. The van der Waals surface area contributed by atoms with Gasteiger partial charge in [-0.15, -0.1) is 0 Å². The molecule has 2 aliphatic heterocycles. The molecule has 0 saturated carbocycles. The molecule has 4 rings (SSSR count). The molecule has 2 aliphatic rings. The number of hydrogen-bond acceptors (Lipinski definition) is 6. The molecule has 0 atom stereocenters. The van der Waals surface area contributed by atoms with Gasteiger partial charge in [0, 0.05) is 16.7 Å². The van der Waals surface area contributed by atoms with Crippen molar-refractivity contribution in [1.29, 1.82) is 0 Å². The van der Waals surface area contributed by atoms with Gasteiger partial charge in [0.1, 0.15) is 13.2 Å². The highest BCUT2D eigenvalue weighted by Gasteiger charge is 2.37. The Kier molecular flexibility index (Phi) is 8.97. The molecule has 3 amide bonds. The molecule has 35 heavy (non-hydrogen) atoms.